The fourth-order valence-electron chi connectivity index (χ4n) is 9.03. The van der Waals surface area contributed by atoms with Crippen molar-refractivity contribution in [1.29, 1.82) is 0 Å². The van der Waals surface area contributed by atoms with Gasteiger partial charge in [-0.1, -0.05) is 58.6 Å². The molecule has 3 saturated carbocycles. The van der Waals surface area contributed by atoms with E-state index in [1.165, 1.54) is 51.4 Å². The predicted molar refractivity (Wildman–Crippen MR) is 148 cm³/mol. The van der Waals surface area contributed by atoms with Crippen LogP contribution in [0.5, 0.6) is 0 Å². The van der Waals surface area contributed by atoms with Gasteiger partial charge in [0.2, 0.25) is 0 Å². The fraction of sp³-hybridized carbons (Fsp3) is 0.727. The normalized spacial score (nSPS) is 36.4. The Hall–Kier alpha value is -1.77. The van der Waals surface area contributed by atoms with E-state index in [-0.39, 0.29) is 12.1 Å². The quantitative estimate of drug-likeness (QED) is 0.236. The molecule has 2 N–H and O–H groups in total. The molecule has 8 atom stereocenters. The van der Waals surface area contributed by atoms with Crippen molar-refractivity contribution in [2.24, 2.45) is 46.8 Å². The van der Waals surface area contributed by atoms with E-state index >= 15 is 0 Å². The second-order valence-corrected chi connectivity index (χ2v) is 13.5. The van der Waals surface area contributed by atoms with Gasteiger partial charge in [-0.3, -0.25) is 0 Å². The molecular formula is C33H49NO2. The summed E-state index contributed by atoms with van der Waals surface area (Å²) in [5, 5.41) is 0. The summed E-state index contributed by atoms with van der Waals surface area (Å²) in [5.74, 6) is 6.09. The first-order valence-corrected chi connectivity index (χ1v) is 15.0. The first kappa shape index (κ1) is 25.9. The Labute approximate surface area is 219 Å². The highest BCUT2D eigenvalue weighted by molar-refractivity contribution is 5.89. The van der Waals surface area contributed by atoms with Crippen molar-refractivity contribution in [2.45, 2.75) is 104 Å². The Morgan fingerprint density at radius 3 is 2.50 bits per heavy atom. The van der Waals surface area contributed by atoms with E-state index in [1.807, 2.05) is 0 Å². The minimum Gasteiger partial charge on any atom is -0.458 e. The summed E-state index contributed by atoms with van der Waals surface area (Å²) >= 11 is 0. The SMILES string of the molecule is CC(C)CCC[C@@H](C)[C@H]1CC[C@@H]2C1CC[C@H]1[C@H]2CC=C2C[C@@H](OC(=O)c3ccc(N)cc3)CC[C@@]21C. The van der Waals surface area contributed by atoms with Gasteiger partial charge in [-0.05, 0) is 116 Å². The van der Waals surface area contributed by atoms with Crippen LogP contribution >= 0.6 is 0 Å². The maximum absolute atomic E-state index is 12.7. The first-order chi connectivity index (χ1) is 17.3. The van der Waals surface area contributed by atoms with Gasteiger partial charge in [0, 0.05) is 12.1 Å². The van der Waals surface area contributed by atoms with Crippen LogP contribution in [0.25, 0.3) is 0 Å². The molecule has 3 fully saturated rings. The average Bonchev–Trinajstić information content (AvgIpc) is 3.29. The number of carbonyl (C=O) groups excluding carboxylic acids is 1. The van der Waals surface area contributed by atoms with Crippen molar-refractivity contribution in [3.63, 3.8) is 0 Å². The molecule has 0 heterocycles. The highest BCUT2D eigenvalue weighted by Gasteiger charge is 2.54. The molecule has 0 bridgehead atoms. The predicted octanol–water partition coefficient (Wildman–Crippen LogP) is 8.45. The Morgan fingerprint density at radius 2 is 1.75 bits per heavy atom. The van der Waals surface area contributed by atoms with Gasteiger partial charge in [-0.2, -0.15) is 0 Å². The van der Waals surface area contributed by atoms with Crippen molar-refractivity contribution in [3.05, 3.63) is 41.5 Å². The molecule has 3 nitrogen and oxygen atoms in total. The zero-order valence-electron chi connectivity index (χ0n) is 23.2. The van der Waals surface area contributed by atoms with Crippen LogP contribution in [0.4, 0.5) is 5.69 Å². The topological polar surface area (TPSA) is 52.3 Å². The summed E-state index contributed by atoms with van der Waals surface area (Å²) in [5.41, 5.74) is 8.94. The van der Waals surface area contributed by atoms with Crippen LogP contribution in [0.1, 0.15) is 109 Å². The van der Waals surface area contributed by atoms with Crippen molar-refractivity contribution in [2.75, 3.05) is 5.73 Å². The van der Waals surface area contributed by atoms with E-state index in [2.05, 4.69) is 33.8 Å². The number of hydrogen-bond acceptors (Lipinski definition) is 3. The maximum atomic E-state index is 12.7. The van der Waals surface area contributed by atoms with Crippen LogP contribution in [-0.2, 0) is 4.74 Å². The minimum atomic E-state index is -0.210. The summed E-state index contributed by atoms with van der Waals surface area (Å²) < 4.78 is 5.98. The summed E-state index contributed by atoms with van der Waals surface area (Å²) in [6.07, 6.45) is 16.9. The molecule has 4 aliphatic carbocycles. The number of fused-ring (bicyclic) bond motifs is 5. The number of rotatable bonds is 7. The molecule has 0 aliphatic heterocycles. The third-order valence-electron chi connectivity index (χ3n) is 11.0. The van der Waals surface area contributed by atoms with E-state index in [4.69, 9.17) is 10.5 Å². The molecule has 0 radical (unpaired) electrons. The molecule has 3 heteroatoms. The second-order valence-electron chi connectivity index (χ2n) is 13.5. The number of anilines is 1. The van der Waals surface area contributed by atoms with Crippen LogP contribution in [0.2, 0.25) is 0 Å². The highest BCUT2D eigenvalue weighted by atomic mass is 16.5. The molecule has 0 amide bonds. The molecule has 1 aromatic rings. The third kappa shape index (κ3) is 5.01. The Bertz CT molecular complexity index is 949. The summed E-state index contributed by atoms with van der Waals surface area (Å²) in [6.45, 7) is 9.84. The zero-order chi connectivity index (χ0) is 25.4. The largest absolute Gasteiger partial charge is 0.458 e. The van der Waals surface area contributed by atoms with Crippen molar-refractivity contribution < 1.29 is 9.53 Å². The Morgan fingerprint density at radius 1 is 1.00 bits per heavy atom. The third-order valence-corrected chi connectivity index (χ3v) is 11.0. The lowest BCUT2D eigenvalue weighted by Gasteiger charge is -2.55. The van der Waals surface area contributed by atoms with Crippen molar-refractivity contribution in [3.8, 4) is 0 Å². The number of esters is 1. The fourth-order valence-corrected chi connectivity index (χ4v) is 9.03. The molecule has 0 spiro atoms. The number of carbonyl (C=O) groups is 1. The van der Waals surface area contributed by atoms with Gasteiger partial charge >= 0.3 is 5.97 Å². The van der Waals surface area contributed by atoms with Crippen molar-refractivity contribution >= 4 is 11.7 Å². The molecule has 1 unspecified atom stereocenters. The number of nitrogen functional groups attached to an aromatic ring is 1. The van der Waals surface area contributed by atoms with Crippen LogP contribution in [0.3, 0.4) is 0 Å². The van der Waals surface area contributed by atoms with Gasteiger partial charge in [0.05, 0.1) is 5.56 Å². The summed E-state index contributed by atoms with van der Waals surface area (Å²) in [7, 11) is 0. The van der Waals surface area contributed by atoms with E-state index in [0.29, 0.717) is 16.7 Å². The molecular weight excluding hydrogens is 442 g/mol. The highest BCUT2D eigenvalue weighted by Crippen LogP contribution is 2.63. The van der Waals surface area contributed by atoms with E-state index in [0.717, 1.165) is 60.7 Å². The van der Waals surface area contributed by atoms with Gasteiger partial charge in [0.25, 0.3) is 0 Å². The van der Waals surface area contributed by atoms with E-state index < -0.39 is 0 Å². The lowest BCUT2D eigenvalue weighted by Crippen LogP contribution is -2.48. The minimum absolute atomic E-state index is 0.00446. The molecule has 0 aromatic heterocycles. The van der Waals surface area contributed by atoms with Crippen LogP contribution < -0.4 is 5.73 Å². The standard InChI is InChI=1S/C33H49NO2/c1-21(2)6-5-7-22(3)27-14-15-29-28(27)16-17-31-30(29)13-10-24-20-26(18-19-33(24,31)4)36-32(35)23-8-11-25(34)12-9-23/h8-12,21-22,26-31H,5-7,13-20,34H2,1-4H3/t22-,26+,27-,28?,29-,30+,31+,33+/m1/s1. The molecule has 1 aromatic carbocycles. The van der Waals surface area contributed by atoms with Gasteiger partial charge in [-0.15, -0.1) is 0 Å². The Balaban J connectivity index is 1.22. The van der Waals surface area contributed by atoms with Gasteiger partial charge in [-0.25, -0.2) is 4.79 Å². The number of allylic oxidation sites excluding steroid dienone is 1. The van der Waals surface area contributed by atoms with Crippen molar-refractivity contribution in [1.82, 2.24) is 0 Å². The number of benzene rings is 1. The zero-order valence-corrected chi connectivity index (χ0v) is 23.2. The molecule has 36 heavy (non-hydrogen) atoms. The van der Waals surface area contributed by atoms with E-state index in [9.17, 15) is 4.79 Å². The van der Waals surface area contributed by atoms with Gasteiger partial charge in [0.15, 0.2) is 0 Å². The lowest BCUT2D eigenvalue weighted by molar-refractivity contribution is -0.0240. The van der Waals surface area contributed by atoms with Gasteiger partial charge < -0.3 is 10.5 Å². The summed E-state index contributed by atoms with van der Waals surface area (Å²) in [6, 6.07) is 7.09. The van der Waals surface area contributed by atoms with Crippen LogP contribution in [-0.4, -0.2) is 12.1 Å². The van der Waals surface area contributed by atoms with Gasteiger partial charge in [0.1, 0.15) is 6.10 Å². The number of nitrogens with two attached hydrogens (primary N) is 1. The Kier molecular flexibility index (Phi) is 7.57. The monoisotopic (exact) mass is 491 g/mol. The maximum Gasteiger partial charge on any atom is 0.338 e. The van der Waals surface area contributed by atoms with Crippen LogP contribution in [0.15, 0.2) is 35.9 Å². The van der Waals surface area contributed by atoms with Crippen LogP contribution in [0, 0.1) is 46.8 Å². The molecule has 198 valence electrons. The average molecular weight is 492 g/mol. The first-order valence-electron chi connectivity index (χ1n) is 15.0. The summed E-state index contributed by atoms with van der Waals surface area (Å²) in [4.78, 5) is 12.7. The number of hydrogen-bond donors (Lipinski definition) is 1. The molecule has 5 rings (SSSR count). The molecule has 0 saturated heterocycles. The van der Waals surface area contributed by atoms with E-state index in [1.54, 1.807) is 29.8 Å². The molecule has 4 aliphatic rings. The lowest BCUT2D eigenvalue weighted by atomic mass is 9.50. The second kappa shape index (κ2) is 10.5. The smallest absolute Gasteiger partial charge is 0.338 e. The number of ether oxygens (including phenoxy) is 1.